The fourth-order valence-corrected chi connectivity index (χ4v) is 2.52. The molecule has 2 aromatic rings. The van der Waals surface area contributed by atoms with Crippen molar-refractivity contribution >= 4 is 17.5 Å². The summed E-state index contributed by atoms with van der Waals surface area (Å²) in [6, 6.07) is 11.9. The standard InChI is InChI=1S/C16H14N4O.H2O/c1-11-6-8-13(10-17-11)19-16(21)15-9-7-12-4-2-3-5-14(12)20(15)18-19;/h2-10,18,21H,1H3;1H2. The van der Waals surface area contributed by atoms with Crippen LogP contribution in [0.25, 0.3) is 6.08 Å². The molecule has 0 amide bonds. The Hall–Kier alpha value is -2.83. The number of aromatic nitrogens is 1. The number of aliphatic hydroxyl groups excluding tert-OH is 1. The van der Waals surface area contributed by atoms with Crippen molar-refractivity contribution in [2.75, 3.05) is 10.0 Å². The predicted octanol–water partition coefficient (Wildman–Crippen LogP) is 2.07. The monoisotopic (exact) mass is 296 g/mol. The third kappa shape index (κ3) is 2.02. The van der Waals surface area contributed by atoms with Crippen molar-refractivity contribution in [1.82, 2.24) is 10.5 Å². The molecule has 0 bridgehead atoms. The smallest absolute Gasteiger partial charge is 0.234 e. The van der Waals surface area contributed by atoms with Gasteiger partial charge < -0.3 is 10.6 Å². The maximum Gasteiger partial charge on any atom is 0.234 e. The Kier molecular flexibility index (Phi) is 3.32. The first-order valence-corrected chi connectivity index (χ1v) is 6.73. The molecule has 6 heteroatoms. The molecule has 2 aliphatic rings. The van der Waals surface area contributed by atoms with E-state index in [-0.39, 0.29) is 11.4 Å². The van der Waals surface area contributed by atoms with Crippen molar-refractivity contribution in [2.24, 2.45) is 0 Å². The summed E-state index contributed by atoms with van der Waals surface area (Å²) in [4.78, 5) is 4.27. The van der Waals surface area contributed by atoms with Gasteiger partial charge in [0.1, 0.15) is 5.70 Å². The van der Waals surface area contributed by atoms with E-state index in [1.807, 2.05) is 60.5 Å². The van der Waals surface area contributed by atoms with Gasteiger partial charge in [-0.05, 0) is 36.8 Å². The highest BCUT2D eigenvalue weighted by Crippen LogP contribution is 2.35. The lowest BCUT2D eigenvalue weighted by atomic mass is 10.1. The summed E-state index contributed by atoms with van der Waals surface area (Å²) < 4.78 is 0. The molecule has 22 heavy (non-hydrogen) atoms. The number of hydrogen-bond donors (Lipinski definition) is 2. The number of anilines is 2. The van der Waals surface area contributed by atoms with E-state index in [0.29, 0.717) is 5.70 Å². The number of pyridine rings is 1. The van der Waals surface area contributed by atoms with Crippen LogP contribution in [0.2, 0.25) is 0 Å². The summed E-state index contributed by atoms with van der Waals surface area (Å²) in [7, 11) is 0. The van der Waals surface area contributed by atoms with Gasteiger partial charge in [-0.15, -0.1) is 5.53 Å². The Balaban J connectivity index is 0.00000144. The molecule has 3 heterocycles. The number of nitrogens with zero attached hydrogens (tertiary/aromatic N) is 3. The fourth-order valence-electron chi connectivity index (χ4n) is 2.52. The van der Waals surface area contributed by atoms with Gasteiger partial charge in [-0.3, -0.25) is 9.99 Å². The van der Waals surface area contributed by atoms with E-state index in [2.05, 4.69) is 10.5 Å². The maximum absolute atomic E-state index is 10.5. The fraction of sp³-hybridized carbons (Fsp3) is 0.0625. The lowest BCUT2D eigenvalue weighted by Crippen LogP contribution is -2.42. The van der Waals surface area contributed by atoms with Gasteiger partial charge in [-0.1, -0.05) is 24.3 Å². The minimum Gasteiger partial charge on any atom is -0.492 e. The Morgan fingerprint density at radius 2 is 1.86 bits per heavy atom. The average molecular weight is 296 g/mol. The zero-order valence-electron chi connectivity index (χ0n) is 12.0. The highest BCUT2D eigenvalue weighted by Gasteiger charge is 2.32. The van der Waals surface area contributed by atoms with E-state index in [4.69, 9.17) is 0 Å². The van der Waals surface area contributed by atoms with Crippen LogP contribution < -0.4 is 15.6 Å². The van der Waals surface area contributed by atoms with E-state index in [9.17, 15) is 5.11 Å². The number of hydrogen-bond acceptors (Lipinski definition) is 5. The van der Waals surface area contributed by atoms with Crippen LogP contribution in [0.1, 0.15) is 11.3 Å². The molecule has 4 N–H and O–H groups in total. The van der Waals surface area contributed by atoms with Crippen LogP contribution in [0, 0.1) is 6.92 Å². The van der Waals surface area contributed by atoms with Gasteiger partial charge in [0.05, 0.1) is 17.6 Å². The van der Waals surface area contributed by atoms with Gasteiger partial charge in [-0.25, -0.2) is 5.01 Å². The van der Waals surface area contributed by atoms with Gasteiger partial charge in [-0.2, -0.15) is 0 Å². The van der Waals surface area contributed by atoms with Crippen molar-refractivity contribution in [3.05, 3.63) is 71.5 Å². The topological polar surface area (TPSA) is 83.1 Å². The summed E-state index contributed by atoms with van der Waals surface area (Å²) >= 11 is 0. The minimum absolute atomic E-state index is 0. The largest absolute Gasteiger partial charge is 0.492 e. The number of nitrogens with one attached hydrogen (secondary N) is 1. The summed E-state index contributed by atoms with van der Waals surface area (Å²) in [6.45, 7) is 1.93. The quantitative estimate of drug-likeness (QED) is 0.841. The molecule has 1 aromatic heterocycles. The third-order valence-corrected chi connectivity index (χ3v) is 3.63. The third-order valence-electron chi connectivity index (χ3n) is 3.63. The van der Waals surface area contributed by atoms with Crippen molar-refractivity contribution < 1.29 is 10.6 Å². The average Bonchev–Trinajstić information content (AvgIpc) is 2.86. The number of fused-ring (bicyclic) bond motifs is 3. The number of benzene rings is 1. The normalized spacial score (nSPS) is 15.5. The molecular weight excluding hydrogens is 280 g/mol. The Bertz CT molecular complexity index is 768. The number of aliphatic hydroxyl groups is 1. The van der Waals surface area contributed by atoms with Crippen LogP contribution in [-0.4, -0.2) is 15.6 Å². The number of aryl methyl sites for hydroxylation is 1. The first kappa shape index (κ1) is 14.1. The molecule has 0 saturated carbocycles. The Labute approximate surface area is 127 Å². The van der Waals surface area contributed by atoms with E-state index >= 15 is 0 Å². The van der Waals surface area contributed by atoms with E-state index < -0.39 is 0 Å². The van der Waals surface area contributed by atoms with E-state index in [1.165, 1.54) is 0 Å². The van der Waals surface area contributed by atoms with Crippen molar-refractivity contribution in [3.63, 3.8) is 0 Å². The van der Waals surface area contributed by atoms with Gasteiger partial charge in [0, 0.05) is 5.69 Å². The molecule has 1 aromatic carbocycles. The number of rotatable bonds is 1. The molecule has 0 saturated heterocycles. The molecule has 2 aliphatic heterocycles. The summed E-state index contributed by atoms with van der Waals surface area (Å²) in [6.07, 6.45) is 5.62. The number of hydrazine groups is 2. The highest BCUT2D eigenvalue weighted by molar-refractivity contribution is 5.78. The summed E-state index contributed by atoms with van der Waals surface area (Å²) in [5, 5.41) is 13.9. The second-order valence-corrected chi connectivity index (χ2v) is 5.03. The molecule has 0 atom stereocenters. The summed E-state index contributed by atoms with van der Waals surface area (Å²) in [5.41, 5.74) is 7.73. The first-order valence-electron chi connectivity index (χ1n) is 6.73. The lowest BCUT2D eigenvalue weighted by molar-refractivity contribution is 0.388. The second kappa shape index (κ2) is 5.18. The number of allylic oxidation sites excluding steroid dienone is 1. The van der Waals surface area contributed by atoms with Crippen molar-refractivity contribution in [1.29, 1.82) is 0 Å². The molecular formula is C16H16N4O2. The molecule has 112 valence electrons. The van der Waals surface area contributed by atoms with Crippen LogP contribution in [0.15, 0.2) is 60.3 Å². The number of para-hydroxylation sites is 1. The first-order chi connectivity index (χ1) is 10.2. The van der Waals surface area contributed by atoms with Crippen LogP contribution in [0.3, 0.4) is 0 Å². The predicted molar refractivity (Wildman–Crippen MR) is 85.8 cm³/mol. The van der Waals surface area contributed by atoms with E-state index in [0.717, 1.165) is 22.6 Å². The molecule has 0 spiro atoms. The molecule has 6 nitrogen and oxygen atoms in total. The van der Waals surface area contributed by atoms with Crippen LogP contribution in [0.4, 0.5) is 11.4 Å². The van der Waals surface area contributed by atoms with Crippen LogP contribution in [-0.2, 0) is 0 Å². The molecule has 0 aliphatic carbocycles. The van der Waals surface area contributed by atoms with Gasteiger partial charge >= 0.3 is 0 Å². The van der Waals surface area contributed by atoms with Crippen molar-refractivity contribution in [2.45, 2.75) is 6.92 Å². The van der Waals surface area contributed by atoms with Crippen molar-refractivity contribution in [3.8, 4) is 0 Å². The molecule has 0 fully saturated rings. The zero-order valence-corrected chi connectivity index (χ0v) is 12.0. The minimum atomic E-state index is 0. The SMILES string of the molecule is Cc1ccc(N2NN3C(=C2O)C=Cc2ccccc23)cn1.O. The molecule has 0 radical (unpaired) electrons. The highest BCUT2D eigenvalue weighted by atomic mass is 16.3. The second-order valence-electron chi connectivity index (χ2n) is 5.03. The summed E-state index contributed by atoms with van der Waals surface area (Å²) in [5.74, 6) is 0.159. The zero-order chi connectivity index (χ0) is 14.4. The maximum atomic E-state index is 10.5. The van der Waals surface area contributed by atoms with E-state index in [1.54, 1.807) is 11.2 Å². The van der Waals surface area contributed by atoms with Gasteiger partial charge in [0.15, 0.2) is 0 Å². The van der Waals surface area contributed by atoms with Crippen LogP contribution in [0.5, 0.6) is 0 Å². The molecule has 4 rings (SSSR count). The molecule has 0 unspecified atom stereocenters. The van der Waals surface area contributed by atoms with Gasteiger partial charge in [0.2, 0.25) is 5.88 Å². The Morgan fingerprint density at radius 1 is 1.05 bits per heavy atom. The Morgan fingerprint density at radius 3 is 2.64 bits per heavy atom. The van der Waals surface area contributed by atoms with Crippen LogP contribution >= 0.6 is 0 Å². The van der Waals surface area contributed by atoms with Gasteiger partial charge in [0.25, 0.3) is 0 Å². The lowest BCUT2D eigenvalue weighted by Gasteiger charge is -2.26.